The molecule has 2 heteroatoms. The van der Waals surface area contributed by atoms with Crippen molar-refractivity contribution < 1.29 is 0 Å². The fourth-order valence-electron chi connectivity index (χ4n) is 4.46. The second kappa shape index (κ2) is 7.46. The third kappa shape index (κ3) is 4.96. The molecular weight excluding hydrogens is 256 g/mol. The molecule has 1 aliphatic heterocycles. The molecule has 124 valence electrons. The van der Waals surface area contributed by atoms with Gasteiger partial charge in [-0.25, -0.2) is 0 Å². The highest BCUT2D eigenvalue weighted by Crippen LogP contribution is 2.39. The molecule has 0 aromatic heterocycles. The first kappa shape index (κ1) is 17.3. The molecule has 0 radical (unpaired) electrons. The van der Waals surface area contributed by atoms with Crippen LogP contribution < -0.4 is 5.32 Å². The highest BCUT2D eigenvalue weighted by Gasteiger charge is 2.36. The summed E-state index contributed by atoms with van der Waals surface area (Å²) in [5.41, 5.74) is 0.541. The van der Waals surface area contributed by atoms with Gasteiger partial charge in [-0.15, -0.1) is 0 Å². The Kier molecular flexibility index (Phi) is 6.14. The van der Waals surface area contributed by atoms with Crippen molar-refractivity contribution in [2.24, 2.45) is 17.3 Å². The van der Waals surface area contributed by atoms with Gasteiger partial charge in [0.1, 0.15) is 0 Å². The van der Waals surface area contributed by atoms with Gasteiger partial charge in [0.15, 0.2) is 0 Å². The predicted molar refractivity (Wildman–Crippen MR) is 92.6 cm³/mol. The Hall–Kier alpha value is -0.0800. The highest BCUT2D eigenvalue weighted by molar-refractivity contribution is 4.91. The molecule has 1 N–H and O–H groups in total. The van der Waals surface area contributed by atoms with Crippen molar-refractivity contribution in [3.8, 4) is 0 Å². The lowest BCUT2D eigenvalue weighted by Gasteiger charge is -2.46. The highest BCUT2D eigenvalue weighted by atomic mass is 15.2. The monoisotopic (exact) mass is 294 g/mol. The third-order valence-electron chi connectivity index (χ3n) is 5.89. The van der Waals surface area contributed by atoms with E-state index >= 15 is 0 Å². The third-order valence-corrected chi connectivity index (χ3v) is 5.89. The standard InChI is InChI=1S/C19H38N2/c1-6-11-20-18-9-10-19(4,5)12-17(18)14-21-13-15(2)7-8-16(21)3/h15-18,20H,6-14H2,1-5H3. The normalized spacial score (nSPS) is 37.6. The van der Waals surface area contributed by atoms with E-state index in [1.54, 1.807) is 0 Å². The summed E-state index contributed by atoms with van der Waals surface area (Å²) < 4.78 is 0. The van der Waals surface area contributed by atoms with E-state index in [1.165, 1.54) is 58.2 Å². The number of likely N-dealkylation sites (tertiary alicyclic amines) is 1. The SMILES string of the molecule is CCCNC1CCC(C)(C)CC1CN1CC(C)CCC1C. The van der Waals surface area contributed by atoms with Crippen LogP contribution in [0.2, 0.25) is 0 Å². The summed E-state index contributed by atoms with van der Waals surface area (Å²) in [5, 5.41) is 3.85. The summed E-state index contributed by atoms with van der Waals surface area (Å²) in [6, 6.07) is 1.54. The van der Waals surface area contributed by atoms with Crippen LogP contribution in [0, 0.1) is 17.3 Å². The lowest BCUT2D eigenvalue weighted by Crippen LogP contribution is -2.51. The zero-order chi connectivity index (χ0) is 15.5. The molecule has 1 saturated heterocycles. The van der Waals surface area contributed by atoms with E-state index < -0.39 is 0 Å². The fourth-order valence-corrected chi connectivity index (χ4v) is 4.46. The van der Waals surface area contributed by atoms with Crippen molar-refractivity contribution in [2.45, 2.75) is 85.2 Å². The number of rotatable bonds is 5. The van der Waals surface area contributed by atoms with E-state index in [-0.39, 0.29) is 0 Å². The average molecular weight is 295 g/mol. The molecule has 21 heavy (non-hydrogen) atoms. The maximum absolute atomic E-state index is 3.85. The smallest absolute Gasteiger partial charge is 0.0108 e. The fraction of sp³-hybridized carbons (Fsp3) is 1.00. The lowest BCUT2D eigenvalue weighted by atomic mass is 9.69. The van der Waals surface area contributed by atoms with Gasteiger partial charge in [0.2, 0.25) is 0 Å². The molecule has 1 saturated carbocycles. The zero-order valence-corrected chi connectivity index (χ0v) is 15.1. The van der Waals surface area contributed by atoms with Crippen LogP contribution in [0.5, 0.6) is 0 Å². The van der Waals surface area contributed by atoms with Gasteiger partial charge in [0.25, 0.3) is 0 Å². The molecule has 0 spiro atoms. The van der Waals surface area contributed by atoms with Crippen LogP contribution in [-0.2, 0) is 0 Å². The lowest BCUT2D eigenvalue weighted by molar-refractivity contribution is 0.0564. The van der Waals surface area contributed by atoms with E-state index in [0.29, 0.717) is 5.41 Å². The molecule has 0 aromatic carbocycles. The van der Waals surface area contributed by atoms with Crippen molar-refractivity contribution in [3.63, 3.8) is 0 Å². The van der Waals surface area contributed by atoms with Crippen LogP contribution in [0.25, 0.3) is 0 Å². The maximum atomic E-state index is 3.85. The summed E-state index contributed by atoms with van der Waals surface area (Å²) in [4.78, 5) is 2.79. The van der Waals surface area contributed by atoms with Crippen LogP contribution >= 0.6 is 0 Å². The second-order valence-corrected chi connectivity index (χ2v) is 8.71. The van der Waals surface area contributed by atoms with Crippen molar-refractivity contribution >= 4 is 0 Å². The van der Waals surface area contributed by atoms with Gasteiger partial charge in [-0.3, -0.25) is 0 Å². The summed E-state index contributed by atoms with van der Waals surface area (Å²) in [7, 11) is 0. The summed E-state index contributed by atoms with van der Waals surface area (Å²) >= 11 is 0. The van der Waals surface area contributed by atoms with Gasteiger partial charge in [0.05, 0.1) is 0 Å². The van der Waals surface area contributed by atoms with Gasteiger partial charge >= 0.3 is 0 Å². The molecular formula is C19H38N2. The Morgan fingerprint density at radius 2 is 1.90 bits per heavy atom. The zero-order valence-electron chi connectivity index (χ0n) is 15.1. The molecule has 0 aromatic rings. The van der Waals surface area contributed by atoms with Crippen molar-refractivity contribution in [1.82, 2.24) is 10.2 Å². The van der Waals surface area contributed by atoms with Crippen molar-refractivity contribution in [3.05, 3.63) is 0 Å². The van der Waals surface area contributed by atoms with Crippen LogP contribution in [0.15, 0.2) is 0 Å². The maximum Gasteiger partial charge on any atom is 0.0108 e. The average Bonchev–Trinajstić information content (AvgIpc) is 2.41. The number of hydrogen-bond donors (Lipinski definition) is 1. The molecule has 2 rings (SSSR count). The number of nitrogens with one attached hydrogen (secondary N) is 1. The first-order valence-electron chi connectivity index (χ1n) is 9.38. The van der Waals surface area contributed by atoms with Gasteiger partial charge in [-0.05, 0) is 69.2 Å². The Morgan fingerprint density at radius 3 is 2.62 bits per heavy atom. The molecule has 4 atom stereocenters. The summed E-state index contributed by atoms with van der Waals surface area (Å²) in [6.07, 6.45) is 8.22. The topological polar surface area (TPSA) is 15.3 Å². The predicted octanol–water partition coefficient (Wildman–Crippen LogP) is 4.30. The van der Waals surface area contributed by atoms with E-state index in [1.807, 2.05) is 0 Å². The van der Waals surface area contributed by atoms with Gasteiger partial charge in [-0.1, -0.05) is 27.7 Å². The number of piperidine rings is 1. The van der Waals surface area contributed by atoms with Crippen LogP contribution in [-0.4, -0.2) is 36.6 Å². The number of hydrogen-bond acceptors (Lipinski definition) is 2. The Balaban J connectivity index is 1.97. The van der Waals surface area contributed by atoms with Crippen molar-refractivity contribution in [1.29, 1.82) is 0 Å². The van der Waals surface area contributed by atoms with E-state index in [2.05, 4.69) is 44.8 Å². The molecule has 4 unspecified atom stereocenters. The summed E-state index contributed by atoms with van der Waals surface area (Å²) in [6.45, 7) is 15.9. The van der Waals surface area contributed by atoms with Gasteiger partial charge in [0, 0.05) is 25.2 Å². The molecule has 2 fully saturated rings. The summed E-state index contributed by atoms with van der Waals surface area (Å²) in [5.74, 6) is 1.73. The van der Waals surface area contributed by atoms with Crippen LogP contribution in [0.1, 0.15) is 73.1 Å². The van der Waals surface area contributed by atoms with Crippen molar-refractivity contribution in [2.75, 3.05) is 19.6 Å². The van der Waals surface area contributed by atoms with Crippen LogP contribution in [0.3, 0.4) is 0 Å². The molecule has 2 aliphatic rings. The quantitative estimate of drug-likeness (QED) is 0.813. The second-order valence-electron chi connectivity index (χ2n) is 8.71. The minimum absolute atomic E-state index is 0.541. The first-order chi connectivity index (χ1) is 9.91. The van der Waals surface area contributed by atoms with E-state index in [4.69, 9.17) is 0 Å². The minimum atomic E-state index is 0.541. The van der Waals surface area contributed by atoms with Crippen LogP contribution in [0.4, 0.5) is 0 Å². The Morgan fingerprint density at radius 1 is 1.14 bits per heavy atom. The molecule has 0 bridgehead atoms. The van der Waals surface area contributed by atoms with Gasteiger partial charge in [-0.2, -0.15) is 0 Å². The molecule has 2 nitrogen and oxygen atoms in total. The molecule has 1 heterocycles. The Labute approximate surface area is 133 Å². The number of nitrogens with zero attached hydrogens (tertiary/aromatic N) is 1. The first-order valence-corrected chi connectivity index (χ1v) is 9.38. The van der Waals surface area contributed by atoms with Gasteiger partial charge < -0.3 is 10.2 Å². The Bertz CT molecular complexity index is 313. The molecule has 1 aliphatic carbocycles. The minimum Gasteiger partial charge on any atom is -0.314 e. The molecule has 0 amide bonds. The largest absolute Gasteiger partial charge is 0.314 e. The van der Waals surface area contributed by atoms with E-state index in [9.17, 15) is 0 Å². The van der Waals surface area contributed by atoms with E-state index in [0.717, 1.165) is 23.9 Å².